The van der Waals surface area contributed by atoms with E-state index < -0.39 is 10.0 Å². The molecule has 180 valence electrons. The average Bonchev–Trinajstić information content (AvgIpc) is 3.18. The highest BCUT2D eigenvalue weighted by atomic mass is 32.2. The number of hydrogen-bond donors (Lipinski definition) is 1. The van der Waals surface area contributed by atoms with Crippen molar-refractivity contribution >= 4 is 43.2 Å². The number of hydrogen-bond acceptors (Lipinski definition) is 5. The molecule has 5 rings (SSSR count). The molecule has 2 aliphatic rings. The highest BCUT2D eigenvalue weighted by Gasteiger charge is 2.32. The molecule has 1 saturated heterocycles. The molecule has 34 heavy (non-hydrogen) atoms. The van der Waals surface area contributed by atoms with E-state index in [0.717, 1.165) is 41.8 Å². The van der Waals surface area contributed by atoms with Gasteiger partial charge in [0.05, 0.1) is 15.1 Å². The van der Waals surface area contributed by atoms with E-state index in [4.69, 9.17) is 0 Å². The standard InChI is InChI=1S/C25H29N3O4S2/c1-2-28-22-11-10-19(16-23(22)33-25(28)30)34(31,32)27-14-12-18(13-15-27)24(29)26-21-9-5-7-17-6-3-4-8-20(17)21/h5,7,9-11,16,18H,2-4,6,8,12-15H2,1H3,(H,26,29). The molecule has 2 heterocycles. The lowest BCUT2D eigenvalue weighted by atomic mass is 9.90. The van der Waals surface area contributed by atoms with Gasteiger partial charge in [0, 0.05) is 31.2 Å². The van der Waals surface area contributed by atoms with Gasteiger partial charge in [-0.1, -0.05) is 23.5 Å². The van der Waals surface area contributed by atoms with Crippen LogP contribution < -0.4 is 10.2 Å². The predicted octanol–water partition coefficient (Wildman–Crippen LogP) is 4.00. The van der Waals surface area contributed by atoms with Crippen molar-refractivity contribution in [2.24, 2.45) is 5.92 Å². The third-order valence-corrected chi connectivity index (χ3v) is 9.91. The van der Waals surface area contributed by atoms with Crippen LogP contribution in [0.15, 0.2) is 46.1 Å². The molecular weight excluding hydrogens is 470 g/mol. The molecule has 0 bridgehead atoms. The van der Waals surface area contributed by atoms with E-state index in [1.54, 1.807) is 22.8 Å². The number of anilines is 1. The van der Waals surface area contributed by atoms with Crippen LogP contribution in [0.25, 0.3) is 10.2 Å². The van der Waals surface area contributed by atoms with Crippen molar-refractivity contribution in [2.75, 3.05) is 18.4 Å². The van der Waals surface area contributed by atoms with Gasteiger partial charge < -0.3 is 5.32 Å². The molecule has 0 spiro atoms. The summed E-state index contributed by atoms with van der Waals surface area (Å²) in [6.45, 7) is 3.05. The third-order valence-electron chi connectivity index (χ3n) is 7.07. The molecule has 1 aromatic heterocycles. The van der Waals surface area contributed by atoms with Crippen LogP contribution in [0.5, 0.6) is 0 Å². The van der Waals surface area contributed by atoms with E-state index in [1.165, 1.54) is 21.9 Å². The van der Waals surface area contributed by atoms with Crippen molar-refractivity contribution in [3.05, 3.63) is 57.2 Å². The van der Waals surface area contributed by atoms with Crippen molar-refractivity contribution in [3.8, 4) is 0 Å². The Morgan fingerprint density at radius 3 is 2.65 bits per heavy atom. The lowest BCUT2D eigenvalue weighted by Crippen LogP contribution is -2.41. The molecule has 0 unspecified atom stereocenters. The Kier molecular flexibility index (Phi) is 6.35. The number of fused-ring (bicyclic) bond motifs is 2. The van der Waals surface area contributed by atoms with E-state index in [0.29, 0.717) is 37.2 Å². The number of sulfonamides is 1. The second kappa shape index (κ2) is 9.28. The molecule has 0 radical (unpaired) electrons. The van der Waals surface area contributed by atoms with E-state index >= 15 is 0 Å². The molecule has 3 aromatic rings. The van der Waals surface area contributed by atoms with Crippen LogP contribution in [0, 0.1) is 5.92 Å². The van der Waals surface area contributed by atoms with Crippen molar-refractivity contribution in [1.29, 1.82) is 0 Å². The zero-order chi connectivity index (χ0) is 23.9. The SMILES string of the molecule is CCn1c(=O)sc2cc(S(=O)(=O)N3CCC(C(=O)Nc4cccc5c4CCCC5)CC3)ccc21. The van der Waals surface area contributed by atoms with Crippen LogP contribution in [-0.4, -0.2) is 36.3 Å². The third kappa shape index (κ3) is 4.21. The second-order valence-electron chi connectivity index (χ2n) is 9.06. The molecule has 1 aliphatic carbocycles. The number of piperidine rings is 1. The van der Waals surface area contributed by atoms with Crippen LogP contribution >= 0.6 is 11.3 Å². The Bertz CT molecular complexity index is 1400. The van der Waals surface area contributed by atoms with Gasteiger partial charge in [-0.25, -0.2) is 8.42 Å². The van der Waals surface area contributed by atoms with Crippen LogP contribution in [0.2, 0.25) is 0 Å². The molecule has 1 fully saturated rings. The van der Waals surface area contributed by atoms with Gasteiger partial charge in [-0.05, 0) is 80.8 Å². The Balaban J connectivity index is 1.27. The topological polar surface area (TPSA) is 88.5 Å². The zero-order valence-corrected chi connectivity index (χ0v) is 20.9. The number of nitrogens with zero attached hydrogens (tertiary/aromatic N) is 2. The van der Waals surface area contributed by atoms with E-state index in [9.17, 15) is 18.0 Å². The summed E-state index contributed by atoms with van der Waals surface area (Å²) >= 11 is 1.07. The Labute approximate surface area is 203 Å². The molecule has 2 aromatic carbocycles. The summed E-state index contributed by atoms with van der Waals surface area (Å²) in [5.74, 6) is -0.236. The fourth-order valence-electron chi connectivity index (χ4n) is 5.15. The van der Waals surface area contributed by atoms with Gasteiger partial charge in [-0.2, -0.15) is 4.31 Å². The molecule has 1 amide bonds. The first kappa shape index (κ1) is 23.3. The summed E-state index contributed by atoms with van der Waals surface area (Å²) in [5, 5.41) is 3.12. The minimum Gasteiger partial charge on any atom is -0.326 e. The number of amides is 1. The average molecular weight is 500 g/mol. The minimum atomic E-state index is -3.69. The molecule has 1 N–H and O–H groups in total. The zero-order valence-electron chi connectivity index (χ0n) is 19.2. The smallest absolute Gasteiger partial charge is 0.308 e. The van der Waals surface area contributed by atoms with Gasteiger partial charge in [0.1, 0.15) is 0 Å². The van der Waals surface area contributed by atoms with Gasteiger partial charge in [-0.15, -0.1) is 0 Å². The first-order valence-electron chi connectivity index (χ1n) is 11.9. The van der Waals surface area contributed by atoms with Gasteiger partial charge >= 0.3 is 4.87 Å². The second-order valence-corrected chi connectivity index (χ2v) is 12.0. The van der Waals surface area contributed by atoms with Crippen molar-refractivity contribution in [3.63, 3.8) is 0 Å². The van der Waals surface area contributed by atoms with Gasteiger partial charge in [0.25, 0.3) is 0 Å². The number of aryl methyl sites for hydroxylation is 2. The summed E-state index contributed by atoms with van der Waals surface area (Å²) in [6.07, 6.45) is 5.35. The molecule has 7 nitrogen and oxygen atoms in total. The van der Waals surface area contributed by atoms with E-state index in [2.05, 4.69) is 11.4 Å². The maximum atomic E-state index is 13.3. The number of aromatic nitrogens is 1. The van der Waals surface area contributed by atoms with Crippen LogP contribution in [-0.2, 0) is 34.2 Å². The van der Waals surface area contributed by atoms with Crippen LogP contribution in [0.4, 0.5) is 5.69 Å². The predicted molar refractivity (Wildman–Crippen MR) is 135 cm³/mol. The number of thiazole rings is 1. The quantitative estimate of drug-likeness (QED) is 0.575. The molecule has 9 heteroatoms. The number of benzene rings is 2. The maximum absolute atomic E-state index is 13.3. The highest BCUT2D eigenvalue weighted by molar-refractivity contribution is 7.89. The maximum Gasteiger partial charge on any atom is 0.308 e. The van der Waals surface area contributed by atoms with Crippen molar-refractivity contribution < 1.29 is 13.2 Å². The first-order valence-corrected chi connectivity index (χ1v) is 14.2. The molecule has 0 saturated carbocycles. The molecule has 1 aliphatic heterocycles. The monoisotopic (exact) mass is 499 g/mol. The molecular formula is C25H29N3O4S2. The lowest BCUT2D eigenvalue weighted by molar-refractivity contribution is -0.120. The van der Waals surface area contributed by atoms with Crippen molar-refractivity contribution in [2.45, 2.75) is 56.9 Å². The summed E-state index contributed by atoms with van der Waals surface area (Å²) < 4.78 is 30.3. The Hall–Kier alpha value is -2.49. The van der Waals surface area contributed by atoms with Crippen LogP contribution in [0.1, 0.15) is 43.7 Å². The fourth-order valence-corrected chi connectivity index (χ4v) is 7.71. The summed E-state index contributed by atoms with van der Waals surface area (Å²) in [5.41, 5.74) is 4.23. The van der Waals surface area contributed by atoms with Crippen LogP contribution in [0.3, 0.4) is 0 Å². The van der Waals surface area contributed by atoms with E-state index in [-0.39, 0.29) is 21.6 Å². The Morgan fingerprint density at radius 1 is 1.12 bits per heavy atom. The lowest BCUT2D eigenvalue weighted by Gasteiger charge is -2.31. The molecule has 0 atom stereocenters. The summed E-state index contributed by atoms with van der Waals surface area (Å²) in [6, 6.07) is 11.0. The number of rotatable bonds is 5. The van der Waals surface area contributed by atoms with Gasteiger partial charge in [-0.3, -0.25) is 14.2 Å². The highest BCUT2D eigenvalue weighted by Crippen LogP contribution is 2.30. The normalized spacial score (nSPS) is 17.6. The summed E-state index contributed by atoms with van der Waals surface area (Å²) in [4.78, 5) is 25.2. The van der Waals surface area contributed by atoms with Gasteiger partial charge in [0.15, 0.2) is 0 Å². The van der Waals surface area contributed by atoms with Crippen molar-refractivity contribution in [1.82, 2.24) is 8.87 Å². The Morgan fingerprint density at radius 2 is 1.88 bits per heavy atom. The van der Waals surface area contributed by atoms with Gasteiger partial charge in [0.2, 0.25) is 15.9 Å². The number of carbonyl (C=O) groups excluding carboxylic acids is 1. The van der Waals surface area contributed by atoms with E-state index in [1.807, 2.05) is 19.1 Å². The summed E-state index contributed by atoms with van der Waals surface area (Å²) in [7, 11) is -3.69. The fraction of sp³-hybridized carbons (Fsp3) is 0.440. The largest absolute Gasteiger partial charge is 0.326 e. The number of carbonyl (C=O) groups is 1. The first-order chi connectivity index (χ1) is 16.4. The number of nitrogens with one attached hydrogen (secondary N) is 1. The minimum absolute atomic E-state index is 0.0249.